The molecule has 0 spiro atoms. The molecule has 0 fully saturated rings. The molecule has 2 amide bonds. The Kier molecular flexibility index (Phi) is 5.63. The molecule has 24 heavy (non-hydrogen) atoms. The Morgan fingerprint density at radius 3 is 2.21 bits per heavy atom. The fraction of sp³-hybridized carbons (Fsp3) is 0.222. The van der Waals surface area contributed by atoms with E-state index < -0.39 is 29.5 Å². The average Bonchev–Trinajstić information content (AvgIpc) is 2.52. The number of nitrogens with two attached hydrogens (primary N) is 1. The van der Waals surface area contributed by atoms with Crippen LogP contribution in [0.15, 0.2) is 48.5 Å². The third-order valence-electron chi connectivity index (χ3n) is 3.73. The van der Waals surface area contributed by atoms with Crippen molar-refractivity contribution in [2.45, 2.75) is 18.9 Å². The predicted octanol–water partition coefficient (Wildman–Crippen LogP) is 2.52. The van der Waals surface area contributed by atoms with Gasteiger partial charge in [-0.3, -0.25) is 9.59 Å². The standard InChI is InChI=1S/C18H18F2N2O2/c1-22(18(24)13-8-14(19)10-15(20)9-13)16(11-17(21)23)7-12-5-3-2-4-6-12/h2-6,8-10,16H,7,11H2,1H3,(H2,21,23). The smallest absolute Gasteiger partial charge is 0.254 e. The highest BCUT2D eigenvalue weighted by Crippen LogP contribution is 2.16. The van der Waals surface area contributed by atoms with Gasteiger partial charge in [-0.25, -0.2) is 8.78 Å². The van der Waals surface area contributed by atoms with Gasteiger partial charge in [0.2, 0.25) is 5.91 Å². The Balaban J connectivity index is 2.24. The zero-order valence-corrected chi connectivity index (χ0v) is 13.2. The molecular formula is C18H18F2N2O2. The summed E-state index contributed by atoms with van der Waals surface area (Å²) in [6, 6.07) is 11.4. The predicted molar refractivity (Wildman–Crippen MR) is 86.2 cm³/mol. The molecule has 2 aromatic rings. The molecule has 0 aromatic heterocycles. The maximum atomic E-state index is 13.3. The van der Waals surface area contributed by atoms with Gasteiger partial charge in [0.25, 0.3) is 5.91 Å². The zero-order chi connectivity index (χ0) is 17.7. The molecule has 126 valence electrons. The maximum Gasteiger partial charge on any atom is 0.254 e. The molecule has 2 aromatic carbocycles. The maximum absolute atomic E-state index is 13.3. The van der Waals surface area contributed by atoms with Crippen LogP contribution in [0.4, 0.5) is 8.78 Å². The van der Waals surface area contributed by atoms with Gasteiger partial charge in [0.1, 0.15) is 11.6 Å². The summed E-state index contributed by atoms with van der Waals surface area (Å²) in [7, 11) is 1.49. The summed E-state index contributed by atoms with van der Waals surface area (Å²) in [5.74, 6) is -2.79. The van der Waals surface area contributed by atoms with Crippen molar-refractivity contribution in [3.05, 3.63) is 71.3 Å². The number of hydrogen-bond donors (Lipinski definition) is 1. The fourth-order valence-corrected chi connectivity index (χ4v) is 2.51. The van der Waals surface area contributed by atoms with Crippen molar-refractivity contribution in [1.82, 2.24) is 4.90 Å². The molecule has 0 aliphatic heterocycles. The Hall–Kier alpha value is -2.76. The van der Waals surface area contributed by atoms with Crippen molar-refractivity contribution in [3.8, 4) is 0 Å². The number of primary amides is 1. The monoisotopic (exact) mass is 332 g/mol. The second-order valence-corrected chi connectivity index (χ2v) is 5.59. The van der Waals surface area contributed by atoms with Crippen LogP contribution in [0.5, 0.6) is 0 Å². The van der Waals surface area contributed by atoms with Gasteiger partial charge in [-0.15, -0.1) is 0 Å². The van der Waals surface area contributed by atoms with Crippen LogP contribution >= 0.6 is 0 Å². The third kappa shape index (κ3) is 4.62. The second kappa shape index (κ2) is 7.68. The van der Waals surface area contributed by atoms with Gasteiger partial charge >= 0.3 is 0 Å². The van der Waals surface area contributed by atoms with Crippen molar-refractivity contribution in [1.29, 1.82) is 0 Å². The van der Waals surface area contributed by atoms with E-state index in [4.69, 9.17) is 5.73 Å². The molecule has 0 aliphatic carbocycles. The van der Waals surface area contributed by atoms with E-state index >= 15 is 0 Å². The minimum Gasteiger partial charge on any atom is -0.370 e. The van der Waals surface area contributed by atoms with Crippen molar-refractivity contribution < 1.29 is 18.4 Å². The van der Waals surface area contributed by atoms with Crippen LogP contribution in [0.25, 0.3) is 0 Å². The zero-order valence-electron chi connectivity index (χ0n) is 13.2. The van der Waals surface area contributed by atoms with Gasteiger partial charge in [0.05, 0.1) is 0 Å². The molecule has 0 heterocycles. The average molecular weight is 332 g/mol. The number of benzene rings is 2. The van der Waals surface area contributed by atoms with Gasteiger partial charge in [-0.05, 0) is 24.1 Å². The van der Waals surface area contributed by atoms with E-state index in [0.29, 0.717) is 12.5 Å². The first-order chi connectivity index (χ1) is 11.4. The molecule has 1 unspecified atom stereocenters. The van der Waals surface area contributed by atoms with Crippen LogP contribution < -0.4 is 5.73 Å². The Bertz CT molecular complexity index is 715. The lowest BCUT2D eigenvalue weighted by atomic mass is 10.0. The number of carbonyl (C=O) groups excluding carboxylic acids is 2. The summed E-state index contributed by atoms with van der Waals surface area (Å²) >= 11 is 0. The number of carbonyl (C=O) groups is 2. The highest BCUT2D eigenvalue weighted by atomic mass is 19.1. The van der Waals surface area contributed by atoms with Crippen LogP contribution in [-0.4, -0.2) is 29.8 Å². The number of rotatable bonds is 6. The van der Waals surface area contributed by atoms with E-state index in [1.165, 1.54) is 11.9 Å². The van der Waals surface area contributed by atoms with E-state index in [-0.39, 0.29) is 12.0 Å². The fourth-order valence-electron chi connectivity index (χ4n) is 2.51. The van der Waals surface area contributed by atoms with E-state index in [1.807, 2.05) is 30.3 Å². The highest BCUT2D eigenvalue weighted by molar-refractivity contribution is 5.94. The van der Waals surface area contributed by atoms with E-state index in [2.05, 4.69) is 0 Å². The molecule has 0 aliphatic rings. The minimum absolute atomic E-state index is 0.0467. The lowest BCUT2D eigenvalue weighted by Gasteiger charge is -2.27. The molecule has 0 saturated carbocycles. The van der Waals surface area contributed by atoms with Crippen LogP contribution in [-0.2, 0) is 11.2 Å². The quantitative estimate of drug-likeness (QED) is 0.883. The van der Waals surface area contributed by atoms with E-state index in [9.17, 15) is 18.4 Å². The molecule has 1 atom stereocenters. The van der Waals surface area contributed by atoms with Crippen LogP contribution in [0, 0.1) is 11.6 Å². The van der Waals surface area contributed by atoms with Crippen molar-refractivity contribution in [2.75, 3.05) is 7.05 Å². The summed E-state index contributed by atoms with van der Waals surface area (Å²) in [5, 5.41) is 0. The highest BCUT2D eigenvalue weighted by Gasteiger charge is 2.24. The Labute approximate surface area is 138 Å². The molecule has 0 radical (unpaired) electrons. The van der Waals surface area contributed by atoms with E-state index in [0.717, 1.165) is 17.7 Å². The molecule has 2 rings (SSSR count). The number of hydrogen-bond acceptors (Lipinski definition) is 2. The number of nitrogens with zero attached hydrogens (tertiary/aromatic N) is 1. The largest absolute Gasteiger partial charge is 0.370 e. The van der Waals surface area contributed by atoms with Crippen molar-refractivity contribution >= 4 is 11.8 Å². The summed E-state index contributed by atoms with van der Waals surface area (Å²) in [5.41, 5.74) is 6.09. The molecular weight excluding hydrogens is 314 g/mol. The van der Waals surface area contributed by atoms with Gasteiger partial charge in [-0.2, -0.15) is 0 Å². The molecule has 4 nitrogen and oxygen atoms in total. The number of amides is 2. The summed E-state index contributed by atoms with van der Waals surface area (Å²) in [4.78, 5) is 25.1. The lowest BCUT2D eigenvalue weighted by Crippen LogP contribution is -2.41. The first kappa shape index (κ1) is 17.6. The van der Waals surface area contributed by atoms with Gasteiger partial charge in [-0.1, -0.05) is 30.3 Å². The first-order valence-electron chi connectivity index (χ1n) is 7.42. The van der Waals surface area contributed by atoms with Crippen molar-refractivity contribution in [2.24, 2.45) is 5.73 Å². The van der Waals surface area contributed by atoms with Crippen LogP contribution in [0.1, 0.15) is 22.3 Å². The van der Waals surface area contributed by atoms with Gasteiger partial charge < -0.3 is 10.6 Å². The normalized spacial score (nSPS) is 11.8. The Morgan fingerprint density at radius 2 is 1.67 bits per heavy atom. The van der Waals surface area contributed by atoms with Gasteiger partial charge in [0, 0.05) is 31.1 Å². The van der Waals surface area contributed by atoms with E-state index in [1.54, 1.807) is 0 Å². The molecule has 0 bridgehead atoms. The Morgan fingerprint density at radius 1 is 1.08 bits per heavy atom. The minimum atomic E-state index is -0.832. The van der Waals surface area contributed by atoms with Gasteiger partial charge in [0.15, 0.2) is 0 Å². The van der Waals surface area contributed by atoms with Crippen LogP contribution in [0.2, 0.25) is 0 Å². The lowest BCUT2D eigenvalue weighted by molar-refractivity contribution is -0.118. The second-order valence-electron chi connectivity index (χ2n) is 5.59. The summed E-state index contributed by atoms with van der Waals surface area (Å²) < 4.78 is 26.6. The number of likely N-dealkylation sites (N-methyl/N-ethyl adjacent to an activating group) is 1. The van der Waals surface area contributed by atoms with Crippen LogP contribution in [0.3, 0.4) is 0 Å². The third-order valence-corrected chi connectivity index (χ3v) is 3.73. The topological polar surface area (TPSA) is 63.4 Å². The summed E-state index contributed by atoms with van der Waals surface area (Å²) in [6.45, 7) is 0. The van der Waals surface area contributed by atoms with Crippen molar-refractivity contribution in [3.63, 3.8) is 0 Å². The number of halogens is 2. The molecule has 2 N–H and O–H groups in total. The summed E-state index contributed by atoms with van der Waals surface area (Å²) in [6.07, 6.45) is 0.360. The first-order valence-corrected chi connectivity index (χ1v) is 7.42. The SMILES string of the molecule is CN(C(=O)c1cc(F)cc(F)c1)C(CC(N)=O)Cc1ccccc1. The molecule has 6 heteroatoms. The molecule has 0 saturated heterocycles.